The highest BCUT2D eigenvalue weighted by molar-refractivity contribution is 7.84. The Balaban J connectivity index is 1.89. The van der Waals surface area contributed by atoms with Crippen molar-refractivity contribution < 1.29 is 13.0 Å². The van der Waals surface area contributed by atoms with Gasteiger partial charge in [0.1, 0.15) is 11.4 Å². The summed E-state index contributed by atoms with van der Waals surface area (Å²) < 4.78 is 31.6. The Kier molecular flexibility index (Phi) is 4.01. The van der Waals surface area contributed by atoms with Crippen molar-refractivity contribution >= 4 is 21.8 Å². The lowest BCUT2D eigenvalue weighted by molar-refractivity contribution is 0.618. The number of benzene rings is 2. The normalized spacial score (nSPS) is 16.8. The molecule has 1 fully saturated rings. The van der Waals surface area contributed by atoms with Gasteiger partial charge in [-0.2, -0.15) is 0 Å². The molecule has 1 saturated carbocycles. The topological polar surface area (TPSA) is 30.2 Å². The summed E-state index contributed by atoms with van der Waals surface area (Å²) in [5.74, 6) is 0.878. The third-order valence-electron chi connectivity index (χ3n) is 4.89. The van der Waals surface area contributed by atoms with E-state index < -0.39 is 10.8 Å². The molecule has 0 spiro atoms. The first-order valence-corrected chi connectivity index (χ1v) is 9.85. The molecule has 1 aliphatic rings. The molecule has 1 heterocycles. The summed E-state index contributed by atoms with van der Waals surface area (Å²) in [4.78, 5) is 0.705. The molecular formula is C20H19FO2S. The standard InChI is InChI=1S/C20H19FO2S/c1-24(22)20-17-12-15(13-4-2-3-5-13)8-11-18(17)23-19(20)14-6-9-16(21)10-7-14/h6-13H,2-5H2,1H3. The molecule has 4 heteroatoms. The maximum atomic E-state index is 13.2. The summed E-state index contributed by atoms with van der Waals surface area (Å²) in [5, 5.41) is 0.916. The van der Waals surface area contributed by atoms with Gasteiger partial charge in [0.05, 0.1) is 15.7 Å². The second-order valence-corrected chi connectivity index (χ2v) is 7.77. The predicted octanol–water partition coefficient (Wildman–Crippen LogP) is 5.63. The van der Waals surface area contributed by atoms with Crippen molar-refractivity contribution in [3.05, 3.63) is 53.8 Å². The summed E-state index contributed by atoms with van der Waals surface area (Å²) in [6.07, 6.45) is 6.67. The number of hydrogen-bond acceptors (Lipinski definition) is 2. The van der Waals surface area contributed by atoms with E-state index in [1.807, 2.05) is 6.07 Å². The fourth-order valence-corrected chi connectivity index (χ4v) is 4.57. The predicted molar refractivity (Wildman–Crippen MR) is 95.1 cm³/mol. The minimum absolute atomic E-state index is 0.294. The van der Waals surface area contributed by atoms with Crippen LogP contribution in [0, 0.1) is 5.82 Å². The van der Waals surface area contributed by atoms with Crippen molar-refractivity contribution in [1.82, 2.24) is 0 Å². The van der Waals surface area contributed by atoms with E-state index in [-0.39, 0.29) is 5.82 Å². The summed E-state index contributed by atoms with van der Waals surface area (Å²) in [6.45, 7) is 0. The molecule has 24 heavy (non-hydrogen) atoms. The van der Waals surface area contributed by atoms with Gasteiger partial charge in [0.2, 0.25) is 0 Å². The Morgan fingerprint density at radius 2 is 1.79 bits per heavy atom. The highest BCUT2D eigenvalue weighted by Crippen LogP contribution is 2.40. The van der Waals surface area contributed by atoms with E-state index >= 15 is 0 Å². The maximum Gasteiger partial charge on any atom is 0.151 e. The van der Waals surface area contributed by atoms with E-state index in [2.05, 4.69) is 12.1 Å². The molecule has 1 aliphatic carbocycles. The maximum absolute atomic E-state index is 13.2. The van der Waals surface area contributed by atoms with E-state index in [9.17, 15) is 8.60 Å². The van der Waals surface area contributed by atoms with Crippen molar-refractivity contribution in [2.45, 2.75) is 36.5 Å². The third kappa shape index (κ3) is 2.69. The van der Waals surface area contributed by atoms with E-state index in [0.29, 0.717) is 16.6 Å². The Morgan fingerprint density at radius 1 is 1.08 bits per heavy atom. The highest BCUT2D eigenvalue weighted by atomic mass is 32.2. The van der Waals surface area contributed by atoms with Crippen LogP contribution in [0.15, 0.2) is 51.8 Å². The molecule has 3 aromatic rings. The van der Waals surface area contributed by atoms with Crippen molar-refractivity contribution in [3.63, 3.8) is 0 Å². The van der Waals surface area contributed by atoms with E-state index in [1.165, 1.54) is 43.4 Å². The average molecular weight is 342 g/mol. The summed E-state index contributed by atoms with van der Waals surface area (Å²) >= 11 is 0. The lowest BCUT2D eigenvalue weighted by Crippen LogP contribution is -1.93. The molecule has 1 aromatic heterocycles. The van der Waals surface area contributed by atoms with Gasteiger partial charge in [-0.3, -0.25) is 4.21 Å². The zero-order valence-corrected chi connectivity index (χ0v) is 14.4. The molecule has 1 atom stereocenters. The van der Waals surface area contributed by atoms with Gasteiger partial charge in [0.25, 0.3) is 0 Å². The van der Waals surface area contributed by atoms with Gasteiger partial charge in [0, 0.05) is 17.2 Å². The van der Waals surface area contributed by atoms with Crippen LogP contribution in [0.1, 0.15) is 37.2 Å². The molecule has 0 bridgehead atoms. The number of rotatable bonds is 3. The van der Waals surface area contributed by atoms with Gasteiger partial charge >= 0.3 is 0 Å². The van der Waals surface area contributed by atoms with Crippen LogP contribution < -0.4 is 0 Å². The Morgan fingerprint density at radius 3 is 2.46 bits per heavy atom. The fourth-order valence-electron chi connectivity index (χ4n) is 3.68. The Hall–Kier alpha value is -1.94. The first-order valence-electron chi connectivity index (χ1n) is 8.29. The van der Waals surface area contributed by atoms with Crippen LogP contribution in [0.5, 0.6) is 0 Å². The van der Waals surface area contributed by atoms with E-state index in [1.54, 1.807) is 18.4 Å². The van der Waals surface area contributed by atoms with Gasteiger partial charge in [0.15, 0.2) is 5.76 Å². The Bertz CT molecular complexity index is 905. The van der Waals surface area contributed by atoms with Crippen LogP contribution in [0.3, 0.4) is 0 Å². The van der Waals surface area contributed by atoms with E-state index in [4.69, 9.17) is 4.42 Å². The van der Waals surface area contributed by atoms with Gasteiger partial charge in [-0.15, -0.1) is 0 Å². The molecule has 0 amide bonds. The van der Waals surface area contributed by atoms with Crippen LogP contribution in [0.2, 0.25) is 0 Å². The monoisotopic (exact) mass is 342 g/mol. The molecule has 0 N–H and O–H groups in total. The van der Waals surface area contributed by atoms with Crippen LogP contribution in [-0.2, 0) is 10.8 Å². The molecule has 124 valence electrons. The molecule has 4 rings (SSSR count). The number of hydrogen-bond donors (Lipinski definition) is 0. The molecule has 0 aliphatic heterocycles. The van der Waals surface area contributed by atoms with Crippen LogP contribution in [0.4, 0.5) is 4.39 Å². The van der Waals surface area contributed by atoms with Gasteiger partial charge in [-0.25, -0.2) is 4.39 Å². The third-order valence-corrected chi connectivity index (χ3v) is 5.87. The largest absolute Gasteiger partial charge is 0.455 e. The number of halogens is 1. The highest BCUT2D eigenvalue weighted by Gasteiger charge is 2.22. The zero-order chi connectivity index (χ0) is 16.7. The molecule has 0 radical (unpaired) electrons. The fraction of sp³-hybridized carbons (Fsp3) is 0.300. The molecule has 1 unspecified atom stereocenters. The first-order chi connectivity index (χ1) is 11.6. The van der Waals surface area contributed by atoms with Crippen molar-refractivity contribution in [3.8, 4) is 11.3 Å². The van der Waals surface area contributed by atoms with Gasteiger partial charge in [-0.05, 0) is 60.7 Å². The van der Waals surface area contributed by atoms with E-state index in [0.717, 1.165) is 16.5 Å². The van der Waals surface area contributed by atoms with Gasteiger partial charge in [-0.1, -0.05) is 18.9 Å². The SMILES string of the molecule is CS(=O)c1c(-c2ccc(F)cc2)oc2ccc(C3CCCC3)cc12. The minimum Gasteiger partial charge on any atom is -0.455 e. The second kappa shape index (κ2) is 6.17. The zero-order valence-electron chi connectivity index (χ0n) is 13.5. The lowest BCUT2D eigenvalue weighted by atomic mass is 9.96. The molecule has 2 nitrogen and oxygen atoms in total. The smallest absolute Gasteiger partial charge is 0.151 e. The summed E-state index contributed by atoms with van der Waals surface area (Å²) in [6, 6.07) is 12.4. The lowest BCUT2D eigenvalue weighted by Gasteiger charge is -2.09. The summed E-state index contributed by atoms with van der Waals surface area (Å²) in [7, 11) is -1.19. The van der Waals surface area contributed by atoms with Crippen molar-refractivity contribution in [2.75, 3.05) is 6.26 Å². The van der Waals surface area contributed by atoms with Crippen LogP contribution >= 0.6 is 0 Å². The van der Waals surface area contributed by atoms with Crippen LogP contribution in [-0.4, -0.2) is 10.5 Å². The van der Waals surface area contributed by atoms with Gasteiger partial charge < -0.3 is 4.42 Å². The molecule has 2 aromatic carbocycles. The average Bonchev–Trinajstić information content (AvgIpc) is 3.22. The molecule has 0 saturated heterocycles. The van der Waals surface area contributed by atoms with Crippen molar-refractivity contribution in [2.24, 2.45) is 0 Å². The van der Waals surface area contributed by atoms with Crippen LogP contribution in [0.25, 0.3) is 22.3 Å². The number of fused-ring (bicyclic) bond motifs is 1. The minimum atomic E-state index is -1.19. The number of furan rings is 1. The van der Waals surface area contributed by atoms with Crippen molar-refractivity contribution in [1.29, 1.82) is 0 Å². The summed E-state index contributed by atoms with van der Waals surface area (Å²) in [5.41, 5.74) is 2.79. The Labute approximate surface area is 143 Å². The first kappa shape index (κ1) is 15.6. The second-order valence-electron chi connectivity index (χ2n) is 6.46. The molecular weight excluding hydrogens is 323 g/mol. The quantitative estimate of drug-likeness (QED) is 0.617.